The third kappa shape index (κ3) is 3.81. The second-order valence-corrected chi connectivity index (χ2v) is 5.44. The molecule has 20 heavy (non-hydrogen) atoms. The van der Waals surface area contributed by atoms with Crippen LogP contribution in [0.1, 0.15) is 24.2 Å². The number of ether oxygens (including phenoxy) is 1. The summed E-state index contributed by atoms with van der Waals surface area (Å²) < 4.78 is 6.46. The number of methoxy groups -OCH3 is 1. The highest BCUT2D eigenvalue weighted by Crippen LogP contribution is 2.27. The van der Waals surface area contributed by atoms with E-state index in [1.54, 1.807) is 7.11 Å². The number of nitrogens with one attached hydrogen (secondary N) is 1. The van der Waals surface area contributed by atoms with Crippen molar-refractivity contribution < 1.29 is 4.74 Å². The summed E-state index contributed by atoms with van der Waals surface area (Å²) in [6, 6.07) is 12.4. The van der Waals surface area contributed by atoms with E-state index in [9.17, 15) is 0 Å². The molecule has 2 rings (SSSR count). The second kappa shape index (κ2) is 7.41. The van der Waals surface area contributed by atoms with Gasteiger partial charge in [0.2, 0.25) is 0 Å². The summed E-state index contributed by atoms with van der Waals surface area (Å²) in [7, 11) is 1.71. The smallest absolute Gasteiger partial charge is 0.123 e. The number of rotatable bonds is 6. The number of likely N-dealkylation sites (N-methyl/N-ethyl adjacent to an activating group) is 1. The third-order valence-electron chi connectivity index (χ3n) is 3.17. The first-order valence-corrected chi connectivity index (χ1v) is 7.50. The van der Waals surface area contributed by atoms with Crippen molar-refractivity contribution in [2.75, 3.05) is 13.7 Å². The lowest BCUT2D eigenvalue weighted by molar-refractivity contribution is 0.399. The molecule has 0 spiro atoms. The molecule has 2 aromatic rings. The van der Waals surface area contributed by atoms with Crippen LogP contribution in [0.5, 0.6) is 5.75 Å². The maximum atomic E-state index is 5.46. The Labute approximate surface area is 128 Å². The van der Waals surface area contributed by atoms with Crippen LogP contribution in [0.3, 0.4) is 0 Å². The van der Waals surface area contributed by atoms with Gasteiger partial charge in [-0.05, 0) is 40.7 Å². The summed E-state index contributed by atoms with van der Waals surface area (Å²) in [5.41, 5.74) is 2.23. The van der Waals surface area contributed by atoms with Crippen LogP contribution >= 0.6 is 15.9 Å². The van der Waals surface area contributed by atoms with Gasteiger partial charge >= 0.3 is 0 Å². The molecule has 1 atom stereocenters. The fourth-order valence-electron chi connectivity index (χ4n) is 2.23. The van der Waals surface area contributed by atoms with E-state index >= 15 is 0 Å². The summed E-state index contributed by atoms with van der Waals surface area (Å²) in [6.07, 6.45) is 2.67. The van der Waals surface area contributed by atoms with Gasteiger partial charge in [-0.25, -0.2) is 0 Å². The van der Waals surface area contributed by atoms with E-state index in [-0.39, 0.29) is 6.04 Å². The van der Waals surface area contributed by atoms with E-state index in [0.717, 1.165) is 28.9 Å². The minimum Gasteiger partial charge on any atom is -0.496 e. The molecular formula is C16H19BrN2O. The lowest BCUT2D eigenvalue weighted by Crippen LogP contribution is -2.23. The standard InChI is InChI=1S/C16H19BrN2O/c1-3-18-15(10-13-9-8-12(17)11-19-13)14-6-4-5-7-16(14)20-2/h4-9,11,15,18H,3,10H2,1-2H3. The fraction of sp³-hybridized carbons (Fsp3) is 0.312. The van der Waals surface area contributed by atoms with Crippen LogP contribution in [0, 0.1) is 0 Å². The molecule has 1 unspecified atom stereocenters. The molecule has 0 bridgehead atoms. The van der Waals surface area contributed by atoms with Gasteiger partial charge in [0.25, 0.3) is 0 Å². The maximum absolute atomic E-state index is 5.46. The topological polar surface area (TPSA) is 34.2 Å². The van der Waals surface area contributed by atoms with Gasteiger partial charge in [-0.15, -0.1) is 0 Å². The molecule has 0 aliphatic heterocycles. The Kier molecular flexibility index (Phi) is 5.56. The summed E-state index contributed by atoms with van der Waals surface area (Å²) >= 11 is 3.41. The molecule has 0 fully saturated rings. The molecular weight excluding hydrogens is 316 g/mol. The Hall–Kier alpha value is -1.39. The second-order valence-electron chi connectivity index (χ2n) is 4.52. The third-order valence-corrected chi connectivity index (χ3v) is 3.64. The number of benzene rings is 1. The minimum atomic E-state index is 0.199. The summed E-state index contributed by atoms with van der Waals surface area (Å²) in [5, 5.41) is 3.50. The zero-order valence-electron chi connectivity index (χ0n) is 11.8. The normalized spacial score (nSPS) is 12.2. The Bertz CT molecular complexity index is 542. The maximum Gasteiger partial charge on any atom is 0.123 e. The van der Waals surface area contributed by atoms with Crippen molar-refractivity contribution >= 4 is 15.9 Å². The highest BCUT2D eigenvalue weighted by Gasteiger charge is 2.15. The van der Waals surface area contributed by atoms with E-state index in [2.05, 4.69) is 39.2 Å². The SMILES string of the molecule is CCNC(Cc1ccc(Br)cn1)c1ccccc1OC. The van der Waals surface area contributed by atoms with Crippen molar-refractivity contribution in [1.82, 2.24) is 10.3 Å². The number of pyridine rings is 1. The molecule has 0 saturated carbocycles. The van der Waals surface area contributed by atoms with Gasteiger partial charge < -0.3 is 10.1 Å². The fourth-order valence-corrected chi connectivity index (χ4v) is 2.46. The van der Waals surface area contributed by atoms with Crippen molar-refractivity contribution in [1.29, 1.82) is 0 Å². The number of hydrogen-bond donors (Lipinski definition) is 1. The van der Waals surface area contributed by atoms with Gasteiger partial charge in [0.15, 0.2) is 0 Å². The van der Waals surface area contributed by atoms with Crippen LogP contribution in [0.25, 0.3) is 0 Å². The van der Waals surface area contributed by atoms with Gasteiger partial charge in [-0.2, -0.15) is 0 Å². The van der Waals surface area contributed by atoms with Gasteiger partial charge in [-0.3, -0.25) is 4.98 Å². The Morgan fingerprint density at radius 2 is 2.05 bits per heavy atom. The lowest BCUT2D eigenvalue weighted by Gasteiger charge is -2.20. The predicted octanol–water partition coefficient (Wildman–Crippen LogP) is 3.75. The largest absolute Gasteiger partial charge is 0.496 e. The van der Waals surface area contributed by atoms with Crippen molar-refractivity contribution in [3.63, 3.8) is 0 Å². The minimum absolute atomic E-state index is 0.199. The molecule has 0 amide bonds. The number of aromatic nitrogens is 1. The van der Waals surface area contributed by atoms with Gasteiger partial charge in [0.1, 0.15) is 5.75 Å². The van der Waals surface area contributed by atoms with Crippen LogP contribution in [0.15, 0.2) is 47.1 Å². The molecule has 1 N–H and O–H groups in total. The van der Waals surface area contributed by atoms with Crippen molar-refractivity contribution in [2.24, 2.45) is 0 Å². The number of halogens is 1. The predicted molar refractivity (Wildman–Crippen MR) is 85.1 cm³/mol. The molecule has 4 heteroatoms. The Balaban J connectivity index is 2.24. The van der Waals surface area contributed by atoms with E-state index in [4.69, 9.17) is 4.74 Å². The van der Waals surface area contributed by atoms with Crippen LogP contribution in [0.4, 0.5) is 0 Å². The average Bonchev–Trinajstić information content (AvgIpc) is 2.49. The summed E-state index contributed by atoms with van der Waals surface area (Å²) in [6.45, 7) is 3.01. The van der Waals surface area contributed by atoms with Crippen LogP contribution in [-0.4, -0.2) is 18.6 Å². The first-order valence-electron chi connectivity index (χ1n) is 6.71. The van der Waals surface area contributed by atoms with Crippen LogP contribution in [0.2, 0.25) is 0 Å². The van der Waals surface area contributed by atoms with Gasteiger partial charge in [0.05, 0.1) is 7.11 Å². The summed E-state index contributed by atoms with van der Waals surface area (Å²) in [4.78, 5) is 4.45. The highest BCUT2D eigenvalue weighted by molar-refractivity contribution is 9.10. The van der Waals surface area contributed by atoms with Crippen LogP contribution in [-0.2, 0) is 6.42 Å². The van der Waals surface area contributed by atoms with Crippen molar-refractivity contribution in [3.8, 4) is 5.75 Å². The Morgan fingerprint density at radius 1 is 1.25 bits per heavy atom. The molecule has 1 aromatic carbocycles. The quantitative estimate of drug-likeness (QED) is 0.873. The molecule has 0 aliphatic rings. The first kappa shape index (κ1) is 15.0. The number of hydrogen-bond acceptors (Lipinski definition) is 3. The lowest BCUT2D eigenvalue weighted by atomic mass is 10.0. The zero-order chi connectivity index (χ0) is 14.4. The van der Waals surface area contributed by atoms with E-state index < -0.39 is 0 Å². The highest BCUT2D eigenvalue weighted by atomic mass is 79.9. The molecule has 0 radical (unpaired) electrons. The molecule has 1 aromatic heterocycles. The molecule has 1 heterocycles. The molecule has 3 nitrogen and oxygen atoms in total. The number of para-hydroxylation sites is 1. The molecule has 0 saturated heterocycles. The average molecular weight is 335 g/mol. The van der Waals surface area contributed by atoms with Crippen molar-refractivity contribution in [3.05, 3.63) is 58.3 Å². The summed E-state index contributed by atoms with van der Waals surface area (Å²) in [5.74, 6) is 0.913. The zero-order valence-corrected chi connectivity index (χ0v) is 13.4. The van der Waals surface area contributed by atoms with E-state index in [0.29, 0.717) is 0 Å². The first-order chi connectivity index (χ1) is 9.74. The molecule has 106 valence electrons. The van der Waals surface area contributed by atoms with Crippen LogP contribution < -0.4 is 10.1 Å². The molecule has 0 aliphatic carbocycles. The number of nitrogens with zero attached hydrogens (tertiary/aromatic N) is 1. The van der Waals surface area contributed by atoms with Gasteiger partial charge in [0, 0.05) is 34.4 Å². The van der Waals surface area contributed by atoms with E-state index in [1.165, 1.54) is 5.56 Å². The van der Waals surface area contributed by atoms with E-state index in [1.807, 2.05) is 36.5 Å². The Morgan fingerprint density at radius 3 is 2.70 bits per heavy atom. The van der Waals surface area contributed by atoms with Gasteiger partial charge in [-0.1, -0.05) is 25.1 Å². The van der Waals surface area contributed by atoms with Crippen molar-refractivity contribution in [2.45, 2.75) is 19.4 Å². The monoisotopic (exact) mass is 334 g/mol.